The number of methoxy groups -OCH3 is 2. The van der Waals surface area contributed by atoms with E-state index < -0.39 is 0 Å². The number of benzene rings is 1. The lowest BCUT2D eigenvalue weighted by Crippen LogP contribution is -1.91. The number of rotatable bonds is 3. The van der Waals surface area contributed by atoms with Crippen molar-refractivity contribution < 1.29 is 9.47 Å². The summed E-state index contributed by atoms with van der Waals surface area (Å²) in [5.41, 5.74) is 1.26. The molecule has 82 valence electrons. The summed E-state index contributed by atoms with van der Waals surface area (Å²) in [4.78, 5) is 0. The number of ether oxygens (including phenoxy) is 2. The Bertz CT molecular complexity index is 266. The van der Waals surface area contributed by atoms with Gasteiger partial charge in [-0.05, 0) is 24.1 Å². The largest absolute Gasteiger partial charge is 0.493 e. The molecule has 0 unspecified atom stereocenters. The Morgan fingerprint density at radius 3 is 2.07 bits per heavy atom. The highest BCUT2D eigenvalue weighted by molar-refractivity contribution is 5.85. The summed E-state index contributed by atoms with van der Waals surface area (Å²) < 4.78 is 10.3. The van der Waals surface area contributed by atoms with Crippen molar-refractivity contribution in [2.75, 3.05) is 14.2 Å². The molecule has 0 saturated carbocycles. The SMILES string of the molecule is CCc1ccc(OC)c(OC)c1.Cl.N. The van der Waals surface area contributed by atoms with Gasteiger partial charge in [-0.25, -0.2) is 0 Å². The summed E-state index contributed by atoms with van der Waals surface area (Å²) in [6, 6.07) is 5.97. The number of hydrogen-bond acceptors (Lipinski definition) is 3. The van der Waals surface area contributed by atoms with Gasteiger partial charge in [-0.1, -0.05) is 13.0 Å². The molecule has 0 bridgehead atoms. The lowest BCUT2D eigenvalue weighted by Gasteiger charge is -2.07. The van der Waals surface area contributed by atoms with Gasteiger partial charge in [0.05, 0.1) is 14.2 Å². The zero-order valence-corrected chi connectivity index (χ0v) is 9.69. The minimum atomic E-state index is 0. The van der Waals surface area contributed by atoms with Gasteiger partial charge < -0.3 is 15.6 Å². The highest BCUT2D eigenvalue weighted by Crippen LogP contribution is 2.27. The van der Waals surface area contributed by atoms with Crippen LogP contribution in [0.5, 0.6) is 11.5 Å². The Kier molecular flexibility index (Phi) is 8.29. The summed E-state index contributed by atoms with van der Waals surface area (Å²) in [6.07, 6.45) is 1.01. The van der Waals surface area contributed by atoms with E-state index in [9.17, 15) is 0 Å². The van der Waals surface area contributed by atoms with Crippen molar-refractivity contribution in [2.24, 2.45) is 0 Å². The fourth-order valence-electron chi connectivity index (χ4n) is 1.10. The van der Waals surface area contributed by atoms with Gasteiger partial charge in [0, 0.05) is 0 Å². The van der Waals surface area contributed by atoms with Crippen LogP contribution in [0.4, 0.5) is 0 Å². The molecule has 0 fully saturated rings. The lowest BCUT2D eigenvalue weighted by molar-refractivity contribution is 0.354. The molecular formula is C10H18ClNO2. The Morgan fingerprint density at radius 2 is 1.64 bits per heavy atom. The van der Waals surface area contributed by atoms with E-state index in [4.69, 9.17) is 9.47 Å². The quantitative estimate of drug-likeness (QED) is 0.851. The molecule has 0 radical (unpaired) electrons. The van der Waals surface area contributed by atoms with Crippen molar-refractivity contribution in [3.8, 4) is 11.5 Å². The summed E-state index contributed by atoms with van der Waals surface area (Å²) >= 11 is 0. The monoisotopic (exact) mass is 219 g/mol. The molecule has 4 heteroatoms. The second-order valence-electron chi connectivity index (χ2n) is 2.54. The van der Waals surface area contributed by atoms with E-state index in [2.05, 4.69) is 6.92 Å². The van der Waals surface area contributed by atoms with Crippen LogP contribution in [-0.4, -0.2) is 14.2 Å². The second-order valence-corrected chi connectivity index (χ2v) is 2.54. The maximum absolute atomic E-state index is 5.15. The molecule has 3 nitrogen and oxygen atoms in total. The van der Waals surface area contributed by atoms with Crippen LogP contribution in [0.3, 0.4) is 0 Å². The molecule has 0 saturated heterocycles. The topological polar surface area (TPSA) is 53.5 Å². The van der Waals surface area contributed by atoms with Gasteiger partial charge in [-0.3, -0.25) is 0 Å². The van der Waals surface area contributed by atoms with E-state index in [1.165, 1.54) is 5.56 Å². The van der Waals surface area contributed by atoms with Gasteiger partial charge in [-0.15, -0.1) is 12.4 Å². The van der Waals surface area contributed by atoms with E-state index in [1.807, 2.05) is 18.2 Å². The lowest BCUT2D eigenvalue weighted by atomic mass is 10.1. The maximum atomic E-state index is 5.15. The Morgan fingerprint density at radius 1 is 1.07 bits per heavy atom. The smallest absolute Gasteiger partial charge is 0.160 e. The summed E-state index contributed by atoms with van der Waals surface area (Å²) in [7, 11) is 3.29. The molecule has 0 atom stereocenters. The summed E-state index contributed by atoms with van der Waals surface area (Å²) in [5.74, 6) is 1.59. The van der Waals surface area contributed by atoms with E-state index >= 15 is 0 Å². The first kappa shape index (κ1) is 15.5. The van der Waals surface area contributed by atoms with Crippen molar-refractivity contribution in [3.63, 3.8) is 0 Å². The Balaban J connectivity index is 0. The first-order valence-electron chi connectivity index (χ1n) is 4.02. The standard InChI is InChI=1S/C10H14O2.ClH.H3N/c1-4-8-5-6-9(11-2)10(7-8)12-3;;/h5-7H,4H2,1-3H3;1H;1H3. The molecular weight excluding hydrogens is 202 g/mol. The predicted octanol–water partition coefficient (Wildman–Crippen LogP) is 2.85. The average Bonchev–Trinajstić information content (AvgIpc) is 2.16. The van der Waals surface area contributed by atoms with Gasteiger partial charge in [0.1, 0.15) is 0 Å². The zero-order valence-electron chi connectivity index (χ0n) is 8.87. The van der Waals surface area contributed by atoms with Gasteiger partial charge in [0.2, 0.25) is 0 Å². The molecule has 0 amide bonds. The van der Waals surface area contributed by atoms with Gasteiger partial charge in [0.15, 0.2) is 11.5 Å². The highest BCUT2D eigenvalue weighted by Gasteiger charge is 2.02. The Labute approximate surface area is 91.4 Å². The third-order valence-electron chi connectivity index (χ3n) is 1.86. The van der Waals surface area contributed by atoms with E-state index in [0.29, 0.717) is 0 Å². The molecule has 1 aromatic rings. The first-order valence-corrected chi connectivity index (χ1v) is 4.02. The van der Waals surface area contributed by atoms with Crippen LogP contribution in [0.2, 0.25) is 0 Å². The van der Waals surface area contributed by atoms with Crippen LogP contribution < -0.4 is 15.6 Å². The van der Waals surface area contributed by atoms with Gasteiger partial charge in [0.25, 0.3) is 0 Å². The average molecular weight is 220 g/mol. The molecule has 0 spiro atoms. The zero-order chi connectivity index (χ0) is 8.97. The molecule has 0 aromatic heterocycles. The van der Waals surface area contributed by atoms with Crippen LogP contribution in [-0.2, 0) is 6.42 Å². The molecule has 0 aliphatic heterocycles. The maximum Gasteiger partial charge on any atom is 0.160 e. The van der Waals surface area contributed by atoms with E-state index in [0.717, 1.165) is 17.9 Å². The first-order chi connectivity index (χ1) is 5.81. The van der Waals surface area contributed by atoms with E-state index in [-0.39, 0.29) is 18.6 Å². The molecule has 1 rings (SSSR count). The van der Waals surface area contributed by atoms with Crippen LogP contribution in [0.1, 0.15) is 12.5 Å². The number of hydrogen-bond donors (Lipinski definition) is 1. The van der Waals surface area contributed by atoms with Crippen molar-refractivity contribution >= 4 is 12.4 Å². The molecule has 0 heterocycles. The van der Waals surface area contributed by atoms with Gasteiger partial charge >= 0.3 is 0 Å². The fraction of sp³-hybridized carbons (Fsp3) is 0.400. The third-order valence-corrected chi connectivity index (χ3v) is 1.86. The van der Waals surface area contributed by atoms with Gasteiger partial charge in [-0.2, -0.15) is 0 Å². The minimum absolute atomic E-state index is 0. The second kappa shape index (κ2) is 7.47. The molecule has 0 aliphatic rings. The highest BCUT2D eigenvalue weighted by atomic mass is 35.5. The molecule has 1 aromatic carbocycles. The normalized spacial score (nSPS) is 8.21. The third kappa shape index (κ3) is 3.44. The minimum Gasteiger partial charge on any atom is -0.493 e. The van der Waals surface area contributed by atoms with Crippen LogP contribution >= 0.6 is 12.4 Å². The van der Waals surface area contributed by atoms with Crippen LogP contribution in [0, 0.1) is 0 Å². The number of aryl methyl sites for hydroxylation is 1. The Hall–Kier alpha value is -0.930. The molecule has 3 N–H and O–H groups in total. The van der Waals surface area contributed by atoms with Crippen LogP contribution in [0.25, 0.3) is 0 Å². The van der Waals surface area contributed by atoms with Crippen molar-refractivity contribution in [2.45, 2.75) is 13.3 Å². The van der Waals surface area contributed by atoms with Crippen molar-refractivity contribution in [1.82, 2.24) is 6.15 Å². The molecule has 0 aliphatic carbocycles. The summed E-state index contributed by atoms with van der Waals surface area (Å²) in [5, 5.41) is 0. The molecule has 14 heavy (non-hydrogen) atoms. The van der Waals surface area contributed by atoms with Crippen molar-refractivity contribution in [3.05, 3.63) is 23.8 Å². The predicted molar refractivity (Wildman–Crippen MR) is 61.2 cm³/mol. The summed E-state index contributed by atoms with van der Waals surface area (Å²) in [6.45, 7) is 2.11. The van der Waals surface area contributed by atoms with Crippen LogP contribution in [0.15, 0.2) is 18.2 Å². The number of halogens is 1. The fourth-order valence-corrected chi connectivity index (χ4v) is 1.10. The van der Waals surface area contributed by atoms with E-state index in [1.54, 1.807) is 14.2 Å². The van der Waals surface area contributed by atoms with Crippen molar-refractivity contribution in [1.29, 1.82) is 0 Å².